The van der Waals surface area contributed by atoms with E-state index in [-0.39, 0.29) is 30.8 Å². The van der Waals surface area contributed by atoms with E-state index in [4.69, 9.17) is 15.2 Å². The van der Waals surface area contributed by atoms with Gasteiger partial charge in [-0.25, -0.2) is 4.79 Å². The predicted molar refractivity (Wildman–Crippen MR) is 83.9 cm³/mol. The van der Waals surface area contributed by atoms with Crippen LogP contribution in [0.1, 0.15) is 53.4 Å². The molecule has 22 heavy (non-hydrogen) atoms. The molecule has 0 fully saturated rings. The molecule has 2 unspecified atom stereocenters. The summed E-state index contributed by atoms with van der Waals surface area (Å²) in [5, 5.41) is 2.75. The van der Waals surface area contributed by atoms with Gasteiger partial charge in [0.1, 0.15) is 0 Å². The van der Waals surface area contributed by atoms with Gasteiger partial charge in [-0.15, -0.1) is 0 Å². The highest BCUT2D eigenvalue weighted by Crippen LogP contribution is 2.28. The van der Waals surface area contributed by atoms with Crippen LogP contribution in [-0.2, 0) is 19.1 Å². The fourth-order valence-electron chi connectivity index (χ4n) is 2.64. The molecule has 126 valence electrons. The average molecular weight is 312 g/mol. The van der Waals surface area contributed by atoms with Gasteiger partial charge in [0.2, 0.25) is 5.91 Å². The molecule has 0 aromatic carbocycles. The largest absolute Gasteiger partial charge is 0.463 e. The number of ether oxygens (including phenoxy) is 2. The summed E-state index contributed by atoms with van der Waals surface area (Å²) in [6, 6.07) is -0.184. The van der Waals surface area contributed by atoms with Gasteiger partial charge in [0, 0.05) is 13.0 Å². The number of nitrogens with one attached hydrogen (secondary N) is 1. The minimum Gasteiger partial charge on any atom is -0.463 e. The van der Waals surface area contributed by atoms with E-state index in [1.807, 2.05) is 13.8 Å². The number of nitrogens with two attached hydrogens (primary N) is 1. The van der Waals surface area contributed by atoms with Crippen molar-refractivity contribution < 1.29 is 19.1 Å². The normalized spacial score (nSPS) is 21.9. The molecule has 1 rings (SSSR count). The number of hydrogen-bond acceptors (Lipinski definition) is 5. The van der Waals surface area contributed by atoms with Crippen LogP contribution < -0.4 is 11.1 Å². The molecule has 1 aliphatic carbocycles. The molecule has 0 bridgehead atoms. The number of esters is 1. The Kier molecular flexibility index (Phi) is 7.55. The zero-order valence-corrected chi connectivity index (χ0v) is 14.0. The number of hydrogen-bond donors (Lipinski definition) is 2. The summed E-state index contributed by atoms with van der Waals surface area (Å²) < 4.78 is 11.2. The lowest BCUT2D eigenvalue weighted by Crippen LogP contribution is -2.43. The van der Waals surface area contributed by atoms with E-state index in [2.05, 4.69) is 5.32 Å². The number of amides is 1. The van der Waals surface area contributed by atoms with Crippen LogP contribution in [0.15, 0.2) is 11.3 Å². The molecule has 0 saturated heterocycles. The van der Waals surface area contributed by atoms with Crippen molar-refractivity contribution in [2.45, 2.75) is 71.6 Å². The van der Waals surface area contributed by atoms with Gasteiger partial charge in [0.05, 0.1) is 30.1 Å². The third-order valence-electron chi connectivity index (χ3n) is 3.73. The fraction of sp³-hybridized carbons (Fsp3) is 0.750. The first-order chi connectivity index (χ1) is 10.4. The molecular weight excluding hydrogens is 284 g/mol. The summed E-state index contributed by atoms with van der Waals surface area (Å²) in [4.78, 5) is 23.7. The third kappa shape index (κ3) is 5.10. The van der Waals surface area contributed by atoms with Gasteiger partial charge >= 0.3 is 5.97 Å². The second-order valence-electron chi connectivity index (χ2n) is 5.56. The Labute approximate surface area is 132 Å². The molecule has 1 amide bonds. The van der Waals surface area contributed by atoms with Crippen LogP contribution in [0.3, 0.4) is 0 Å². The van der Waals surface area contributed by atoms with E-state index in [0.717, 1.165) is 12.8 Å². The maximum atomic E-state index is 12.2. The quantitative estimate of drug-likeness (QED) is 0.697. The van der Waals surface area contributed by atoms with Gasteiger partial charge in [-0.3, -0.25) is 4.79 Å². The topological polar surface area (TPSA) is 90.6 Å². The zero-order valence-electron chi connectivity index (χ0n) is 14.0. The van der Waals surface area contributed by atoms with Crippen LogP contribution in [0.5, 0.6) is 0 Å². The van der Waals surface area contributed by atoms with E-state index in [1.165, 1.54) is 6.92 Å². The first-order valence-electron chi connectivity index (χ1n) is 8.01. The van der Waals surface area contributed by atoms with Crippen molar-refractivity contribution in [3.05, 3.63) is 11.3 Å². The van der Waals surface area contributed by atoms with Gasteiger partial charge in [-0.05, 0) is 32.6 Å². The zero-order chi connectivity index (χ0) is 16.7. The maximum Gasteiger partial charge on any atom is 0.335 e. The van der Waals surface area contributed by atoms with Gasteiger partial charge in [0.25, 0.3) is 0 Å². The lowest BCUT2D eigenvalue weighted by atomic mass is 9.89. The number of carbonyl (C=O) groups is 2. The molecule has 0 spiro atoms. The maximum absolute atomic E-state index is 12.2. The second kappa shape index (κ2) is 8.90. The molecule has 0 aliphatic heterocycles. The van der Waals surface area contributed by atoms with Crippen molar-refractivity contribution >= 4 is 11.9 Å². The lowest BCUT2D eigenvalue weighted by molar-refractivity contribution is -0.139. The molecule has 3 N–H and O–H groups in total. The highest BCUT2D eigenvalue weighted by molar-refractivity contribution is 5.91. The van der Waals surface area contributed by atoms with Crippen LogP contribution in [0.4, 0.5) is 0 Å². The van der Waals surface area contributed by atoms with Crippen LogP contribution in [0, 0.1) is 0 Å². The van der Waals surface area contributed by atoms with Gasteiger partial charge in [-0.1, -0.05) is 13.8 Å². The molecule has 6 heteroatoms. The SMILES string of the molecule is CCOC(=O)C1=C(NC(C)=O)C(OC(CC)CC)CC(N)C1. The Morgan fingerprint density at radius 2 is 1.95 bits per heavy atom. The van der Waals surface area contributed by atoms with Gasteiger partial charge < -0.3 is 20.5 Å². The summed E-state index contributed by atoms with van der Waals surface area (Å²) in [5.74, 6) is -0.662. The van der Waals surface area contributed by atoms with Crippen molar-refractivity contribution in [1.29, 1.82) is 0 Å². The highest BCUT2D eigenvalue weighted by atomic mass is 16.5. The Bertz CT molecular complexity index is 430. The standard InChI is InChI=1S/C16H28N2O4/c1-5-12(6-2)22-14-9-11(17)8-13(16(20)21-7-3)15(14)18-10(4)19/h11-12,14H,5-9,17H2,1-4H3,(H,18,19). The van der Waals surface area contributed by atoms with E-state index >= 15 is 0 Å². The third-order valence-corrected chi connectivity index (χ3v) is 3.73. The monoisotopic (exact) mass is 312 g/mol. The smallest absolute Gasteiger partial charge is 0.335 e. The van der Waals surface area contributed by atoms with Crippen molar-refractivity contribution in [3.8, 4) is 0 Å². The minimum absolute atomic E-state index is 0.0718. The Morgan fingerprint density at radius 3 is 2.45 bits per heavy atom. The molecule has 0 saturated carbocycles. The number of carbonyl (C=O) groups excluding carboxylic acids is 2. The Hall–Kier alpha value is -1.40. The first-order valence-corrected chi connectivity index (χ1v) is 8.01. The molecule has 0 aromatic rings. The van der Waals surface area contributed by atoms with Crippen LogP contribution in [0.2, 0.25) is 0 Å². The first kappa shape index (κ1) is 18.6. The summed E-state index contributed by atoms with van der Waals surface area (Å²) in [6.45, 7) is 7.54. The lowest BCUT2D eigenvalue weighted by Gasteiger charge is -2.33. The van der Waals surface area contributed by atoms with Gasteiger partial charge in [-0.2, -0.15) is 0 Å². The Morgan fingerprint density at radius 1 is 1.32 bits per heavy atom. The highest BCUT2D eigenvalue weighted by Gasteiger charge is 2.33. The molecule has 0 radical (unpaired) electrons. The molecule has 6 nitrogen and oxygen atoms in total. The predicted octanol–water partition coefficient (Wildman–Crippen LogP) is 1.63. The summed E-state index contributed by atoms with van der Waals surface area (Å²) in [5.41, 5.74) is 7.00. The van der Waals surface area contributed by atoms with Gasteiger partial charge in [0.15, 0.2) is 0 Å². The Balaban J connectivity index is 3.11. The molecular formula is C16H28N2O4. The average Bonchev–Trinajstić information content (AvgIpc) is 2.46. The summed E-state index contributed by atoms with van der Waals surface area (Å²) >= 11 is 0. The van der Waals surface area contributed by atoms with E-state index in [9.17, 15) is 9.59 Å². The van der Waals surface area contributed by atoms with Crippen molar-refractivity contribution in [2.24, 2.45) is 5.73 Å². The van der Waals surface area contributed by atoms with E-state index < -0.39 is 5.97 Å². The molecule has 0 heterocycles. The van der Waals surface area contributed by atoms with Crippen molar-refractivity contribution in [3.63, 3.8) is 0 Å². The molecule has 2 atom stereocenters. The molecule has 0 aromatic heterocycles. The summed E-state index contributed by atoms with van der Waals surface area (Å²) in [6.07, 6.45) is 2.39. The van der Waals surface area contributed by atoms with Crippen LogP contribution in [0.25, 0.3) is 0 Å². The van der Waals surface area contributed by atoms with Crippen LogP contribution in [-0.4, -0.2) is 36.7 Å². The number of rotatable bonds is 7. The van der Waals surface area contributed by atoms with Crippen molar-refractivity contribution in [2.75, 3.05) is 6.61 Å². The molecule has 1 aliphatic rings. The van der Waals surface area contributed by atoms with Crippen LogP contribution >= 0.6 is 0 Å². The second-order valence-corrected chi connectivity index (χ2v) is 5.56. The summed E-state index contributed by atoms with van der Waals surface area (Å²) in [7, 11) is 0. The van der Waals surface area contributed by atoms with E-state index in [1.54, 1.807) is 6.92 Å². The van der Waals surface area contributed by atoms with Crippen molar-refractivity contribution in [1.82, 2.24) is 5.32 Å². The minimum atomic E-state index is -0.431. The fourth-order valence-corrected chi connectivity index (χ4v) is 2.64. The van der Waals surface area contributed by atoms with E-state index in [0.29, 0.717) is 24.1 Å².